The first kappa shape index (κ1) is 13.7. The van der Waals surface area contributed by atoms with Crippen molar-refractivity contribution >= 4 is 27.7 Å². The van der Waals surface area contributed by atoms with Gasteiger partial charge in [-0.25, -0.2) is 0 Å². The molecule has 0 aromatic heterocycles. The SMILES string of the molecule is CC[C@@H](N)c1ccc(Sc2cccc(Br)c2)cc1. The zero-order valence-electron chi connectivity index (χ0n) is 10.3. The van der Waals surface area contributed by atoms with Crippen LogP contribution < -0.4 is 5.73 Å². The third-order valence-electron chi connectivity index (χ3n) is 2.78. The molecule has 0 saturated heterocycles. The van der Waals surface area contributed by atoms with E-state index in [0.717, 1.165) is 10.9 Å². The summed E-state index contributed by atoms with van der Waals surface area (Å²) in [5, 5.41) is 0. The number of hydrogen-bond acceptors (Lipinski definition) is 2. The van der Waals surface area contributed by atoms with Gasteiger partial charge in [-0.2, -0.15) is 0 Å². The van der Waals surface area contributed by atoms with E-state index in [0.29, 0.717) is 0 Å². The molecule has 0 heterocycles. The molecule has 94 valence electrons. The molecule has 18 heavy (non-hydrogen) atoms. The van der Waals surface area contributed by atoms with Gasteiger partial charge in [0, 0.05) is 20.3 Å². The van der Waals surface area contributed by atoms with Crippen LogP contribution in [-0.2, 0) is 0 Å². The van der Waals surface area contributed by atoms with E-state index in [4.69, 9.17) is 5.73 Å². The fourth-order valence-electron chi connectivity index (χ4n) is 1.69. The molecule has 0 unspecified atom stereocenters. The molecule has 2 N–H and O–H groups in total. The van der Waals surface area contributed by atoms with Gasteiger partial charge in [0.1, 0.15) is 0 Å². The summed E-state index contributed by atoms with van der Waals surface area (Å²) in [5.74, 6) is 0. The van der Waals surface area contributed by atoms with Crippen molar-refractivity contribution in [1.29, 1.82) is 0 Å². The van der Waals surface area contributed by atoms with Gasteiger partial charge in [0.25, 0.3) is 0 Å². The standard InChI is InChI=1S/C15H16BrNS/c1-2-15(17)11-6-8-13(9-7-11)18-14-5-3-4-12(16)10-14/h3-10,15H,2,17H2,1H3/t15-/m1/s1. The summed E-state index contributed by atoms with van der Waals surface area (Å²) in [6.07, 6.45) is 0.970. The van der Waals surface area contributed by atoms with Crippen LogP contribution in [0.5, 0.6) is 0 Å². The fourth-order valence-corrected chi connectivity index (χ4v) is 3.11. The van der Waals surface area contributed by atoms with Crippen molar-refractivity contribution in [2.75, 3.05) is 0 Å². The lowest BCUT2D eigenvalue weighted by molar-refractivity contribution is 0.698. The van der Waals surface area contributed by atoms with Gasteiger partial charge in [-0.15, -0.1) is 0 Å². The second kappa shape index (κ2) is 6.41. The lowest BCUT2D eigenvalue weighted by Crippen LogP contribution is -2.07. The summed E-state index contributed by atoms with van der Waals surface area (Å²) >= 11 is 5.24. The third-order valence-corrected chi connectivity index (χ3v) is 4.27. The second-order valence-electron chi connectivity index (χ2n) is 4.14. The van der Waals surface area contributed by atoms with E-state index < -0.39 is 0 Å². The van der Waals surface area contributed by atoms with Gasteiger partial charge in [-0.1, -0.05) is 52.8 Å². The molecular weight excluding hydrogens is 306 g/mol. The fraction of sp³-hybridized carbons (Fsp3) is 0.200. The molecular formula is C15H16BrNS. The van der Waals surface area contributed by atoms with Crippen molar-refractivity contribution in [3.63, 3.8) is 0 Å². The smallest absolute Gasteiger partial charge is 0.0292 e. The number of benzene rings is 2. The normalized spacial score (nSPS) is 12.4. The van der Waals surface area contributed by atoms with Gasteiger partial charge < -0.3 is 5.73 Å². The maximum absolute atomic E-state index is 6.00. The minimum Gasteiger partial charge on any atom is -0.324 e. The average molecular weight is 322 g/mol. The number of rotatable bonds is 4. The lowest BCUT2D eigenvalue weighted by Gasteiger charge is -2.09. The first-order valence-corrected chi connectivity index (χ1v) is 7.59. The minimum atomic E-state index is 0.148. The highest BCUT2D eigenvalue weighted by atomic mass is 79.9. The quantitative estimate of drug-likeness (QED) is 0.856. The molecule has 0 saturated carbocycles. The van der Waals surface area contributed by atoms with E-state index in [9.17, 15) is 0 Å². The largest absolute Gasteiger partial charge is 0.324 e. The van der Waals surface area contributed by atoms with Gasteiger partial charge in [0.15, 0.2) is 0 Å². The molecule has 1 nitrogen and oxygen atoms in total. The first-order valence-electron chi connectivity index (χ1n) is 5.98. The average Bonchev–Trinajstić information content (AvgIpc) is 2.39. The van der Waals surface area contributed by atoms with Crippen LogP contribution in [0.1, 0.15) is 24.9 Å². The molecule has 1 atom stereocenters. The molecule has 2 aromatic carbocycles. The van der Waals surface area contributed by atoms with E-state index in [2.05, 4.69) is 59.3 Å². The molecule has 0 aliphatic rings. The van der Waals surface area contributed by atoms with Crippen LogP contribution in [0.3, 0.4) is 0 Å². The van der Waals surface area contributed by atoms with Crippen LogP contribution in [0.15, 0.2) is 62.8 Å². The van der Waals surface area contributed by atoms with Gasteiger partial charge in [-0.3, -0.25) is 0 Å². The molecule has 0 aliphatic carbocycles. The molecule has 3 heteroatoms. The van der Waals surface area contributed by atoms with Gasteiger partial charge in [-0.05, 0) is 42.3 Å². The van der Waals surface area contributed by atoms with Gasteiger partial charge in [0.2, 0.25) is 0 Å². The van der Waals surface area contributed by atoms with E-state index in [1.54, 1.807) is 11.8 Å². The Balaban J connectivity index is 2.11. The third kappa shape index (κ3) is 3.61. The Morgan fingerprint density at radius 3 is 2.44 bits per heavy atom. The Morgan fingerprint density at radius 2 is 1.83 bits per heavy atom. The van der Waals surface area contributed by atoms with Crippen LogP contribution in [0.25, 0.3) is 0 Å². The molecule has 2 aromatic rings. The topological polar surface area (TPSA) is 26.0 Å². The summed E-state index contributed by atoms with van der Waals surface area (Å²) in [7, 11) is 0. The van der Waals surface area contributed by atoms with E-state index in [1.165, 1.54) is 15.4 Å². The number of hydrogen-bond donors (Lipinski definition) is 1. The molecule has 0 aliphatic heterocycles. The van der Waals surface area contributed by atoms with Crippen LogP contribution in [0.4, 0.5) is 0 Å². The van der Waals surface area contributed by atoms with Crippen molar-refractivity contribution in [2.24, 2.45) is 5.73 Å². The Kier molecular flexibility index (Phi) is 4.87. The summed E-state index contributed by atoms with van der Waals surface area (Å²) in [5.41, 5.74) is 7.21. The molecule has 0 spiro atoms. The monoisotopic (exact) mass is 321 g/mol. The van der Waals surface area contributed by atoms with Crippen molar-refractivity contribution in [2.45, 2.75) is 29.2 Å². The molecule has 2 rings (SSSR count). The molecule has 0 fully saturated rings. The van der Waals surface area contributed by atoms with Gasteiger partial charge in [0.05, 0.1) is 0 Å². The van der Waals surface area contributed by atoms with Crippen LogP contribution in [-0.4, -0.2) is 0 Å². The first-order chi connectivity index (χ1) is 8.69. The summed E-state index contributed by atoms with van der Waals surface area (Å²) in [6, 6.07) is 17.0. The maximum Gasteiger partial charge on any atom is 0.0292 e. The maximum atomic E-state index is 6.00. The molecule has 0 amide bonds. The highest BCUT2D eigenvalue weighted by molar-refractivity contribution is 9.10. The Bertz CT molecular complexity index is 510. The Hall–Kier alpha value is -0.770. The number of halogens is 1. The zero-order valence-corrected chi connectivity index (χ0v) is 12.7. The Labute approximate surface area is 121 Å². The van der Waals surface area contributed by atoms with E-state index in [-0.39, 0.29) is 6.04 Å². The Morgan fingerprint density at radius 1 is 1.11 bits per heavy atom. The van der Waals surface area contributed by atoms with Crippen LogP contribution >= 0.6 is 27.7 Å². The summed E-state index contributed by atoms with van der Waals surface area (Å²) in [4.78, 5) is 2.47. The molecule has 0 radical (unpaired) electrons. The van der Waals surface area contributed by atoms with Crippen molar-refractivity contribution < 1.29 is 0 Å². The van der Waals surface area contributed by atoms with E-state index in [1.807, 2.05) is 12.1 Å². The van der Waals surface area contributed by atoms with Gasteiger partial charge >= 0.3 is 0 Å². The predicted molar refractivity (Wildman–Crippen MR) is 81.9 cm³/mol. The highest BCUT2D eigenvalue weighted by Gasteiger charge is 2.03. The van der Waals surface area contributed by atoms with Crippen molar-refractivity contribution in [3.05, 3.63) is 58.6 Å². The van der Waals surface area contributed by atoms with Crippen molar-refractivity contribution in [3.8, 4) is 0 Å². The van der Waals surface area contributed by atoms with Crippen LogP contribution in [0.2, 0.25) is 0 Å². The predicted octanol–water partition coefficient (Wildman–Crippen LogP) is 5.01. The summed E-state index contributed by atoms with van der Waals surface area (Å²) < 4.78 is 1.11. The van der Waals surface area contributed by atoms with Crippen LogP contribution in [0, 0.1) is 0 Å². The summed E-state index contributed by atoms with van der Waals surface area (Å²) in [6.45, 7) is 2.11. The number of nitrogens with two attached hydrogens (primary N) is 1. The minimum absolute atomic E-state index is 0.148. The second-order valence-corrected chi connectivity index (χ2v) is 6.21. The molecule has 0 bridgehead atoms. The lowest BCUT2D eigenvalue weighted by atomic mass is 10.1. The van der Waals surface area contributed by atoms with E-state index >= 15 is 0 Å². The zero-order chi connectivity index (χ0) is 13.0. The highest BCUT2D eigenvalue weighted by Crippen LogP contribution is 2.30. The van der Waals surface area contributed by atoms with Crippen molar-refractivity contribution in [1.82, 2.24) is 0 Å².